The van der Waals surface area contributed by atoms with E-state index in [0.29, 0.717) is 6.04 Å². The summed E-state index contributed by atoms with van der Waals surface area (Å²) < 4.78 is 0. The Balaban J connectivity index is 2.14. The number of hydrogen-bond donors (Lipinski definition) is 2. The highest BCUT2D eigenvalue weighted by molar-refractivity contribution is 5.79. The highest BCUT2D eigenvalue weighted by Crippen LogP contribution is 2.19. The maximum Gasteiger partial charge on any atom is 0.104 e. The van der Waals surface area contributed by atoms with Crippen molar-refractivity contribution in [1.29, 1.82) is 0 Å². The summed E-state index contributed by atoms with van der Waals surface area (Å²) in [5.74, 6) is 0.973. The lowest BCUT2D eigenvalue weighted by atomic mass is 10.1. The van der Waals surface area contributed by atoms with Gasteiger partial charge in [0.05, 0.1) is 11.0 Å². The van der Waals surface area contributed by atoms with E-state index in [-0.39, 0.29) is 0 Å². The Morgan fingerprint density at radius 3 is 2.61 bits per heavy atom. The van der Waals surface area contributed by atoms with E-state index in [4.69, 9.17) is 0 Å². The minimum absolute atomic E-state index is 0.585. The van der Waals surface area contributed by atoms with E-state index in [9.17, 15) is 0 Å². The Morgan fingerprint density at radius 2 is 1.94 bits per heavy atom. The van der Waals surface area contributed by atoms with Gasteiger partial charge < -0.3 is 10.3 Å². The summed E-state index contributed by atoms with van der Waals surface area (Å²) >= 11 is 0. The molecule has 0 radical (unpaired) electrons. The number of aromatic nitrogens is 2. The summed E-state index contributed by atoms with van der Waals surface area (Å²) in [6.45, 7) is 6.47. The Kier molecular flexibility index (Phi) is 4.24. The van der Waals surface area contributed by atoms with Crippen LogP contribution in [0.25, 0.3) is 11.0 Å². The molecule has 0 atom stereocenters. The van der Waals surface area contributed by atoms with Gasteiger partial charge in [-0.25, -0.2) is 4.98 Å². The van der Waals surface area contributed by atoms with Gasteiger partial charge in [-0.2, -0.15) is 0 Å². The molecule has 0 saturated carbocycles. The molecule has 1 aromatic heterocycles. The summed E-state index contributed by atoms with van der Waals surface area (Å²) in [6, 6.07) is 6.95. The van der Waals surface area contributed by atoms with Crippen LogP contribution >= 0.6 is 0 Å². The molecule has 0 spiro atoms. The van der Waals surface area contributed by atoms with Crippen LogP contribution in [0.3, 0.4) is 0 Å². The molecule has 98 valence electrons. The SMILES string of the molecule is CCCC(CCC)Nc1ccc2nc(C)[nH]c2c1. The predicted molar refractivity (Wildman–Crippen MR) is 78.1 cm³/mol. The normalized spacial score (nSPS) is 11.3. The summed E-state index contributed by atoms with van der Waals surface area (Å²) in [7, 11) is 0. The van der Waals surface area contributed by atoms with Gasteiger partial charge in [-0.15, -0.1) is 0 Å². The number of nitrogens with one attached hydrogen (secondary N) is 2. The molecule has 0 fully saturated rings. The first-order chi connectivity index (χ1) is 8.72. The summed E-state index contributed by atoms with van der Waals surface area (Å²) in [4.78, 5) is 7.71. The average Bonchev–Trinajstić information content (AvgIpc) is 2.69. The van der Waals surface area contributed by atoms with E-state index in [1.165, 1.54) is 31.4 Å². The van der Waals surface area contributed by atoms with Crippen LogP contribution in [0, 0.1) is 6.92 Å². The number of aryl methyl sites for hydroxylation is 1. The first-order valence-corrected chi connectivity index (χ1v) is 6.95. The molecule has 0 bridgehead atoms. The fourth-order valence-corrected chi connectivity index (χ4v) is 2.45. The zero-order chi connectivity index (χ0) is 13.0. The van der Waals surface area contributed by atoms with Crippen LogP contribution in [0.15, 0.2) is 18.2 Å². The molecule has 0 aliphatic carbocycles. The molecule has 3 heteroatoms. The minimum Gasteiger partial charge on any atom is -0.382 e. The lowest BCUT2D eigenvalue weighted by molar-refractivity contribution is 0.586. The zero-order valence-electron chi connectivity index (χ0n) is 11.6. The molecule has 2 N–H and O–H groups in total. The maximum absolute atomic E-state index is 4.42. The van der Waals surface area contributed by atoms with Gasteiger partial charge in [0.15, 0.2) is 0 Å². The maximum atomic E-state index is 4.42. The fraction of sp³-hybridized carbons (Fsp3) is 0.533. The smallest absolute Gasteiger partial charge is 0.104 e. The standard InChI is InChI=1S/C15H23N3/c1-4-6-12(7-5-2)18-13-8-9-14-15(10-13)17-11(3)16-14/h8-10,12,18H,4-7H2,1-3H3,(H,16,17). The van der Waals surface area contributed by atoms with Gasteiger partial charge in [0.25, 0.3) is 0 Å². The molecule has 1 aromatic carbocycles. The van der Waals surface area contributed by atoms with Gasteiger partial charge >= 0.3 is 0 Å². The van der Waals surface area contributed by atoms with Gasteiger partial charge in [0.1, 0.15) is 5.82 Å². The third-order valence-corrected chi connectivity index (χ3v) is 3.25. The van der Waals surface area contributed by atoms with E-state index < -0.39 is 0 Å². The van der Waals surface area contributed by atoms with Crippen LogP contribution in [0.5, 0.6) is 0 Å². The van der Waals surface area contributed by atoms with Crippen LogP contribution in [-0.4, -0.2) is 16.0 Å². The van der Waals surface area contributed by atoms with Gasteiger partial charge in [-0.3, -0.25) is 0 Å². The Bertz CT molecular complexity index is 495. The van der Waals surface area contributed by atoms with Crippen molar-refractivity contribution in [1.82, 2.24) is 9.97 Å². The molecule has 2 aromatic rings. The second-order valence-corrected chi connectivity index (χ2v) is 4.97. The number of fused-ring (bicyclic) bond motifs is 1. The van der Waals surface area contributed by atoms with Gasteiger partial charge in [0.2, 0.25) is 0 Å². The number of imidazole rings is 1. The summed E-state index contributed by atoms with van der Waals surface area (Å²) in [5, 5.41) is 3.63. The lowest BCUT2D eigenvalue weighted by Gasteiger charge is -2.18. The molecule has 0 aliphatic rings. The van der Waals surface area contributed by atoms with E-state index >= 15 is 0 Å². The van der Waals surface area contributed by atoms with Crippen LogP contribution in [-0.2, 0) is 0 Å². The molecule has 1 heterocycles. The molecule has 3 nitrogen and oxygen atoms in total. The number of anilines is 1. The first-order valence-electron chi connectivity index (χ1n) is 6.95. The second-order valence-electron chi connectivity index (χ2n) is 4.97. The quantitative estimate of drug-likeness (QED) is 0.798. The van der Waals surface area contributed by atoms with Crippen molar-refractivity contribution >= 4 is 16.7 Å². The molecule has 0 unspecified atom stereocenters. The molecule has 0 saturated heterocycles. The van der Waals surface area contributed by atoms with Crippen molar-refractivity contribution in [3.63, 3.8) is 0 Å². The van der Waals surface area contributed by atoms with Crippen LogP contribution in [0.2, 0.25) is 0 Å². The third-order valence-electron chi connectivity index (χ3n) is 3.25. The van der Waals surface area contributed by atoms with Crippen LogP contribution in [0.1, 0.15) is 45.4 Å². The van der Waals surface area contributed by atoms with Crippen LogP contribution < -0.4 is 5.32 Å². The van der Waals surface area contributed by atoms with Crippen molar-refractivity contribution in [3.05, 3.63) is 24.0 Å². The largest absolute Gasteiger partial charge is 0.382 e. The molecular formula is C15H23N3. The van der Waals surface area contributed by atoms with Gasteiger partial charge in [-0.05, 0) is 38.0 Å². The number of rotatable bonds is 6. The molecule has 18 heavy (non-hydrogen) atoms. The highest BCUT2D eigenvalue weighted by Gasteiger charge is 2.07. The van der Waals surface area contributed by atoms with Crippen molar-refractivity contribution in [2.75, 3.05) is 5.32 Å². The van der Waals surface area contributed by atoms with E-state index in [1.54, 1.807) is 0 Å². The third kappa shape index (κ3) is 3.03. The predicted octanol–water partition coefficient (Wildman–Crippen LogP) is 4.25. The monoisotopic (exact) mass is 245 g/mol. The second kappa shape index (κ2) is 5.89. The van der Waals surface area contributed by atoms with E-state index in [2.05, 4.69) is 47.3 Å². The molecule has 2 rings (SSSR count). The fourth-order valence-electron chi connectivity index (χ4n) is 2.45. The highest BCUT2D eigenvalue weighted by atomic mass is 14.9. The molecule has 0 amide bonds. The number of H-pyrrole nitrogens is 1. The minimum atomic E-state index is 0.585. The topological polar surface area (TPSA) is 40.7 Å². The van der Waals surface area contributed by atoms with Crippen molar-refractivity contribution < 1.29 is 0 Å². The average molecular weight is 245 g/mol. The summed E-state index contributed by atoms with van der Waals surface area (Å²) in [6.07, 6.45) is 4.91. The van der Waals surface area contributed by atoms with Crippen molar-refractivity contribution in [3.8, 4) is 0 Å². The first kappa shape index (κ1) is 12.9. The summed E-state index contributed by atoms with van der Waals surface area (Å²) in [5.41, 5.74) is 3.35. The Hall–Kier alpha value is -1.51. The number of aromatic amines is 1. The Morgan fingerprint density at radius 1 is 1.22 bits per heavy atom. The lowest BCUT2D eigenvalue weighted by Crippen LogP contribution is -2.18. The Labute approximate surface area is 109 Å². The molecule has 0 aliphatic heterocycles. The van der Waals surface area contributed by atoms with Gasteiger partial charge in [-0.1, -0.05) is 26.7 Å². The van der Waals surface area contributed by atoms with E-state index in [1.807, 2.05) is 6.92 Å². The number of nitrogens with zero attached hydrogens (tertiary/aromatic N) is 1. The zero-order valence-corrected chi connectivity index (χ0v) is 11.6. The van der Waals surface area contributed by atoms with E-state index in [0.717, 1.165) is 16.9 Å². The number of hydrogen-bond acceptors (Lipinski definition) is 2. The van der Waals surface area contributed by atoms with Crippen LogP contribution in [0.4, 0.5) is 5.69 Å². The number of benzene rings is 1. The molecular weight excluding hydrogens is 222 g/mol. The van der Waals surface area contributed by atoms with Gasteiger partial charge in [0, 0.05) is 11.7 Å². The van der Waals surface area contributed by atoms with Crippen molar-refractivity contribution in [2.24, 2.45) is 0 Å². The van der Waals surface area contributed by atoms with Crippen molar-refractivity contribution in [2.45, 2.75) is 52.5 Å².